The fourth-order valence-corrected chi connectivity index (χ4v) is 1.34. The third-order valence-corrected chi connectivity index (χ3v) is 2.40. The van der Waals surface area contributed by atoms with Gasteiger partial charge in [-0.1, -0.05) is 6.07 Å². The van der Waals surface area contributed by atoms with Crippen molar-refractivity contribution in [3.8, 4) is 5.75 Å². The number of methoxy groups -OCH3 is 1. The molecule has 0 saturated heterocycles. The summed E-state index contributed by atoms with van der Waals surface area (Å²) in [6.45, 7) is 3.37. The van der Waals surface area contributed by atoms with E-state index in [-0.39, 0.29) is 0 Å². The molecule has 18 heavy (non-hydrogen) atoms. The number of hydrogen-bond acceptors (Lipinski definition) is 3. The zero-order valence-corrected chi connectivity index (χ0v) is 11.2. The van der Waals surface area contributed by atoms with Gasteiger partial charge in [-0.25, -0.2) is 4.79 Å². The number of imide groups is 1. The van der Waals surface area contributed by atoms with Crippen LogP contribution in [-0.2, 0) is 4.79 Å². The molecule has 0 heterocycles. The molecule has 0 aromatic heterocycles. The zero-order chi connectivity index (χ0) is 13.7. The number of aryl methyl sites for hydroxylation is 1. The number of alkyl halides is 1. The maximum atomic E-state index is 11.5. The summed E-state index contributed by atoms with van der Waals surface area (Å²) in [6, 6.07) is 4.69. The topological polar surface area (TPSA) is 67.4 Å². The van der Waals surface area contributed by atoms with E-state index in [0.717, 1.165) is 5.56 Å². The molecule has 0 bridgehead atoms. The SMILES string of the molecule is COc1ccc(C)cc1NC(=O)NC(=O)C(C)Cl. The largest absolute Gasteiger partial charge is 0.495 e. The fraction of sp³-hybridized carbons (Fsp3) is 0.333. The van der Waals surface area contributed by atoms with Crippen LogP contribution in [0.25, 0.3) is 0 Å². The van der Waals surface area contributed by atoms with Crippen LogP contribution in [0.1, 0.15) is 12.5 Å². The molecule has 0 fully saturated rings. The molecule has 0 aliphatic carbocycles. The lowest BCUT2D eigenvalue weighted by atomic mass is 10.2. The number of anilines is 1. The number of ether oxygens (including phenoxy) is 1. The highest BCUT2D eigenvalue weighted by molar-refractivity contribution is 6.31. The quantitative estimate of drug-likeness (QED) is 0.828. The van der Waals surface area contributed by atoms with E-state index in [1.54, 1.807) is 12.1 Å². The Morgan fingerprint density at radius 3 is 2.61 bits per heavy atom. The summed E-state index contributed by atoms with van der Waals surface area (Å²) in [5.41, 5.74) is 1.45. The molecule has 1 atom stereocenters. The lowest BCUT2D eigenvalue weighted by Gasteiger charge is -2.11. The van der Waals surface area contributed by atoms with Crippen LogP contribution in [0.15, 0.2) is 18.2 Å². The van der Waals surface area contributed by atoms with Crippen molar-refractivity contribution in [2.75, 3.05) is 12.4 Å². The highest BCUT2D eigenvalue weighted by atomic mass is 35.5. The lowest BCUT2D eigenvalue weighted by molar-refractivity contribution is -0.119. The van der Waals surface area contributed by atoms with E-state index in [2.05, 4.69) is 10.6 Å². The van der Waals surface area contributed by atoms with Gasteiger partial charge in [0.1, 0.15) is 11.1 Å². The van der Waals surface area contributed by atoms with Gasteiger partial charge in [-0.3, -0.25) is 10.1 Å². The highest BCUT2D eigenvalue weighted by Gasteiger charge is 2.14. The number of benzene rings is 1. The molecule has 1 unspecified atom stereocenters. The highest BCUT2D eigenvalue weighted by Crippen LogP contribution is 2.24. The van der Waals surface area contributed by atoms with Gasteiger partial charge in [0.05, 0.1) is 12.8 Å². The van der Waals surface area contributed by atoms with Crippen LogP contribution < -0.4 is 15.4 Å². The number of hydrogen-bond donors (Lipinski definition) is 2. The molecular formula is C12H15ClN2O3. The van der Waals surface area contributed by atoms with Crippen LogP contribution in [0, 0.1) is 6.92 Å². The lowest BCUT2D eigenvalue weighted by Crippen LogP contribution is -2.38. The second kappa shape index (κ2) is 6.26. The molecule has 0 radical (unpaired) electrons. The van der Waals surface area contributed by atoms with Crippen molar-refractivity contribution < 1.29 is 14.3 Å². The monoisotopic (exact) mass is 270 g/mol. The van der Waals surface area contributed by atoms with Crippen LogP contribution >= 0.6 is 11.6 Å². The molecule has 3 amide bonds. The number of urea groups is 1. The molecule has 98 valence electrons. The van der Waals surface area contributed by atoms with Crippen molar-refractivity contribution in [3.05, 3.63) is 23.8 Å². The van der Waals surface area contributed by atoms with Crippen molar-refractivity contribution in [3.63, 3.8) is 0 Å². The number of carbonyl (C=O) groups is 2. The third-order valence-electron chi connectivity index (χ3n) is 2.20. The van der Waals surface area contributed by atoms with E-state index in [1.807, 2.05) is 13.0 Å². The number of nitrogens with one attached hydrogen (secondary N) is 2. The second-order valence-corrected chi connectivity index (χ2v) is 4.42. The van der Waals surface area contributed by atoms with Gasteiger partial charge in [0, 0.05) is 0 Å². The molecule has 1 aromatic carbocycles. The van der Waals surface area contributed by atoms with Crippen molar-refractivity contribution in [2.45, 2.75) is 19.2 Å². The standard InChI is InChI=1S/C12H15ClN2O3/c1-7-4-5-10(18-3)9(6-7)14-12(17)15-11(16)8(2)13/h4-6,8H,1-3H3,(H2,14,15,16,17). The van der Waals surface area contributed by atoms with E-state index in [1.165, 1.54) is 14.0 Å². The van der Waals surface area contributed by atoms with Crippen LogP contribution in [0.3, 0.4) is 0 Å². The Morgan fingerprint density at radius 1 is 1.39 bits per heavy atom. The molecule has 1 rings (SSSR count). The first-order valence-corrected chi connectivity index (χ1v) is 5.78. The Hall–Kier alpha value is -1.75. The molecule has 0 aliphatic rings. The predicted molar refractivity (Wildman–Crippen MR) is 70.2 cm³/mol. The molecule has 1 aromatic rings. The molecule has 0 spiro atoms. The van der Waals surface area contributed by atoms with Crippen molar-refractivity contribution >= 4 is 29.2 Å². The summed E-state index contributed by atoms with van der Waals surface area (Å²) in [5, 5.41) is 3.89. The first-order valence-electron chi connectivity index (χ1n) is 5.34. The summed E-state index contributed by atoms with van der Waals surface area (Å²) < 4.78 is 5.10. The average molecular weight is 271 g/mol. The molecule has 2 N–H and O–H groups in total. The minimum absolute atomic E-state index is 0.491. The zero-order valence-electron chi connectivity index (χ0n) is 10.4. The number of amides is 3. The van der Waals surface area contributed by atoms with Crippen LogP contribution in [0.5, 0.6) is 5.75 Å². The van der Waals surface area contributed by atoms with Gasteiger partial charge in [-0.15, -0.1) is 11.6 Å². The van der Waals surface area contributed by atoms with Gasteiger partial charge in [0.25, 0.3) is 0 Å². The van der Waals surface area contributed by atoms with Gasteiger partial charge >= 0.3 is 6.03 Å². The fourth-order valence-electron chi connectivity index (χ4n) is 1.28. The van der Waals surface area contributed by atoms with E-state index < -0.39 is 17.3 Å². The van der Waals surface area contributed by atoms with Gasteiger partial charge in [0.15, 0.2) is 0 Å². The number of rotatable bonds is 3. The number of carbonyl (C=O) groups excluding carboxylic acids is 2. The Balaban J connectivity index is 2.75. The van der Waals surface area contributed by atoms with E-state index in [0.29, 0.717) is 11.4 Å². The minimum Gasteiger partial charge on any atom is -0.495 e. The molecule has 0 saturated carbocycles. The van der Waals surface area contributed by atoms with Crippen molar-refractivity contribution in [1.29, 1.82) is 0 Å². The Labute approximate surface area is 110 Å². The minimum atomic E-state index is -0.768. The molecule has 5 nitrogen and oxygen atoms in total. The Bertz CT molecular complexity index is 461. The summed E-state index contributed by atoms with van der Waals surface area (Å²) in [4.78, 5) is 22.8. The second-order valence-electron chi connectivity index (χ2n) is 3.76. The maximum absolute atomic E-state index is 11.5. The molecule has 0 aliphatic heterocycles. The third kappa shape index (κ3) is 3.92. The first kappa shape index (κ1) is 14.3. The van der Waals surface area contributed by atoms with Crippen molar-refractivity contribution in [1.82, 2.24) is 5.32 Å². The van der Waals surface area contributed by atoms with Gasteiger partial charge in [0.2, 0.25) is 5.91 Å². The summed E-state index contributed by atoms with van der Waals surface area (Å²) in [7, 11) is 1.50. The first-order chi connectivity index (χ1) is 8.43. The van der Waals surface area contributed by atoms with E-state index in [4.69, 9.17) is 16.3 Å². The van der Waals surface area contributed by atoms with Crippen LogP contribution in [0.2, 0.25) is 0 Å². The molecular weight excluding hydrogens is 256 g/mol. The van der Waals surface area contributed by atoms with Crippen molar-refractivity contribution in [2.24, 2.45) is 0 Å². The maximum Gasteiger partial charge on any atom is 0.326 e. The summed E-state index contributed by atoms with van der Waals surface area (Å²) in [6.07, 6.45) is 0. The van der Waals surface area contributed by atoms with Crippen LogP contribution in [-0.4, -0.2) is 24.4 Å². The van der Waals surface area contributed by atoms with Gasteiger partial charge in [-0.05, 0) is 31.5 Å². The summed E-state index contributed by atoms with van der Waals surface area (Å²) in [5.74, 6) is -0.0390. The van der Waals surface area contributed by atoms with E-state index >= 15 is 0 Å². The number of halogens is 1. The smallest absolute Gasteiger partial charge is 0.326 e. The average Bonchev–Trinajstić information content (AvgIpc) is 2.28. The van der Waals surface area contributed by atoms with Gasteiger partial charge in [-0.2, -0.15) is 0 Å². The van der Waals surface area contributed by atoms with E-state index in [9.17, 15) is 9.59 Å². The van der Waals surface area contributed by atoms with Gasteiger partial charge < -0.3 is 10.1 Å². The normalized spacial score (nSPS) is 11.6. The van der Waals surface area contributed by atoms with Crippen LogP contribution in [0.4, 0.5) is 10.5 Å². The predicted octanol–water partition coefficient (Wildman–Crippen LogP) is 2.28. The Morgan fingerprint density at radius 2 is 2.06 bits per heavy atom. The summed E-state index contributed by atoms with van der Waals surface area (Å²) >= 11 is 5.54. The Kier molecular flexibility index (Phi) is 4.97. The molecule has 6 heteroatoms.